The molecule has 1 atom stereocenters. The van der Waals surface area contributed by atoms with E-state index in [2.05, 4.69) is 0 Å². The third kappa shape index (κ3) is 3.10. The van der Waals surface area contributed by atoms with E-state index in [1.54, 1.807) is 29.2 Å². The average molecular weight is 411 g/mol. The van der Waals surface area contributed by atoms with Gasteiger partial charge in [-0.3, -0.25) is 9.59 Å². The van der Waals surface area contributed by atoms with Crippen molar-refractivity contribution in [3.63, 3.8) is 0 Å². The summed E-state index contributed by atoms with van der Waals surface area (Å²) < 4.78 is 6.04. The highest BCUT2D eigenvalue weighted by Gasteiger charge is 2.42. The Morgan fingerprint density at radius 2 is 1.61 bits per heavy atom. The second-order valence-electron chi connectivity index (χ2n) is 8.02. The Kier molecular flexibility index (Phi) is 4.40. The lowest BCUT2D eigenvalue weighted by Crippen LogP contribution is -2.29. The van der Waals surface area contributed by atoms with Crippen molar-refractivity contribution in [2.75, 3.05) is 0 Å². The number of aryl methyl sites for hydroxylation is 2. The Balaban J connectivity index is 1.75. The summed E-state index contributed by atoms with van der Waals surface area (Å²) in [7, 11) is 0. The monoisotopic (exact) mass is 411 g/mol. The molecule has 0 aliphatic carbocycles. The molecule has 31 heavy (non-hydrogen) atoms. The Bertz CT molecular complexity index is 1370. The van der Waals surface area contributed by atoms with Crippen LogP contribution in [0.25, 0.3) is 11.0 Å². The topological polar surface area (TPSA) is 70.8 Å². The smallest absolute Gasteiger partial charge is 0.291 e. The maximum absolute atomic E-state index is 13.6. The Morgan fingerprint density at radius 1 is 0.935 bits per heavy atom. The molecule has 5 nitrogen and oxygen atoms in total. The van der Waals surface area contributed by atoms with E-state index in [1.807, 2.05) is 56.3 Å². The summed E-state index contributed by atoms with van der Waals surface area (Å²) in [5, 5.41) is 10.2. The van der Waals surface area contributed by atoms with Crippen molar-refractivity contribution in [2.24, 2.45) is 0 Å². The minimum atomic E-state index is -0.592. The lowest BCUT2D eigenvalue weighted by molar-refractivity contribution is 0.0714. The number of nitrogens with zero attached hydrogens (tertiary/aromatic N) is 1. The molecule has 0 saturated carbocycles. The van der Waals surface area contributed by atoms with Crippen molar-refractivity contribution in [3.8, 4) is 5.75 Å². The van der Waals surface area contributed by atoms with Gasteiger partial charge in [-0.05, 0) is 60.4 Å². The summed E-state index contributed by atoms with van der Waals surface area (Å²) in [5.74, 6) is -0.0940. The first-order chi connectivity index (χ1) is 14.9. The van der Waals surface area contributed by atoms with Crippen LogP contribution in [0.4, 0.5) is 0 Å². The number of hydrogen-bond donors (Lipinski definition) is 1. The van der Waals surface area contributed by atoms with Gasteiger partial charge < -0.3 is 14.4 Å². The molecule has 2 heterocycles. The summed E-state index contributed by atoms with van der Waals surface area (Å²) in [6, 6.07) is 19.3. The van der Waals surface area contributed by atoms with E-state index < -0.39 is 6.04 Å². The summed E-state index contributed by atoms with van der Waals surface area (Å²) in [4.78, 5) is 28.7. The van der Waals surface area contributed by atoms with E-state index in [1.165, 1.54) is 0 Å². The van der Waals surface area contributed by atoms with Crippen LogP contribution in [0.15, 0.2) is 75.9 Å². The number of phenols is 1. The zero-order chi connectivity index (χ0) is 21.7. The van der Waals surface area contributed by atoms with Gasteiger partial charge in [-0.2, -0.15) is 0 Å². The van der Waals surface area contributed by atoms with Crippen LogP contribution in [0.2, 0.25) is 0 Å². The van der Waals surface area contributed by atoms with Gasteiger partial charge in [0.1, 0.15) is 11.3 Å². The predicted molar refractivity (Wildman–Crippen MR) is 118 cm³/mol. The highest BCUT2D eigenvalue weighted by molar-refractivity contribution is 5.99. The van der Waals surface area contributed by atoms with Gasteiger partial charge in [0.2, 0.25) is 5.76 Å². The minimum Gasteiger partial charge on any atom is -0.508 e. The first-order valence-electron chi connectivity index (χ1n) is 10.2. The maximum atomic E-state index is 13.6. The van der Waals surface area contributed by atoms with Crippen molar-refractivity contribution in [3.05, 3.63) is 111 Å². The number of amides is 1. The van der Waals surface area contributed by atoms with Gasteiger partial charge in [0.05, 0.1) is 17.0 Å². The zero-order valence-corrected chi connectivity index (χ0v) is 17.3. The fourth-order valence-electron chi connectivity index (χ4n) is 4.22. The van der Waals surface area contributed by atoms with Gasteiger partial charge in [-0.1, -0.05) is 42.5 Å². The average Bonchev–Trinajstić information content (AvgIpc) is 3.03. The predicted octanol–water partition coefficient (Wildman–Crippen LogP) is 4.86. The SMILES string of the molecule is Cc1cc2oc3c(c(=O)c2cc1C)C(c1ccc(O)cc1)N(Cc1ccccc1)C3=O. The van der Waals surface area contributed by atoms with Crippen LogP contribution in [0.5, 0.6) is 5.75 Å². The van der Waals surface area contributed by atoms with Crippen molar-refractivity contribution in [1.82, 2.24) is 4.90 Å². The van der Waals surface area contributed by atoms with Crippen LogP contribution in [0.3, 0.4) is 0 Å². The van der Waals surface area contributed by atoms with E-state index in [0.29, 0.717) is 23.1 Å². The summed E-state index contributed by atoms with van der Waals surface area (Å²) >= 11 is 0. The Labute approximate surface area is 179 Å². The number of phenolic OH excluding ortho intramolecular Hbond substituents is 1. The highest BCUT2D eigenvalue weighted by Crippen LogP contribution is 2.39. The molecular weight excluding hydrogens is 390 g/mol. The number of carbonyl (C=O) groups is 1. The first kappa shape index (κ1) is 19.1. The molecule has 1 aromatic heterocycles. The highest BCUT2D eigenvalue weighted by atomic mass is 16.3. The minimum absolute atomic E-state index is 0.0924. The number of rotatable bonds is 3. The molecule has 4 aromatic rings. The third-order valence-corrected chi connectivity index (χ3v) is 5.99. The van der Waals surface area contributed by atoms with Gasteiger partial charge in [0, 0.05) is 6.54 Å². The molecule has 3 aromatic carbocycles. The first-order valence-corrected chi connectivity index (χ1v) is 10.2. The second kappa shape index (κ2) is 7.13. The fourth-order valence-corrected chi connectivity index (χ4v) is 4.22. The van der Waals surface area contributed by atoms with Gasteiger partial charge in [-0.25, -0.2) is 0 Å². The quantitative estimate of drug-likeness (QED) is 0.523. The second-order valence-corrected chi connectivity index (χ2v) is 8.02. The van der Waals surface area contributed by atoms with Crippen molar-refractivity contribution in [1.29, 1.82) is 0 Å². The molecular formula is C26H21NO4. The number of benzene rings is 3. The van der Waals surface area contributed by atoms with Crippen LogP contribution in [-0.2, 0) is 6.54 Å². The van der Waals surface area contributed by atoms with Crippen LogP contribution >= 0.6 is 0 Å². The summed E-state index contributed by atoms with van der Waals surface area (Å²) in [6.45, 7) is 4.24. The Morgan fingerprint density at radius 3 is 2.32 bits per heavy atom. The molecule has 5 heteroatoms. The molecule has 1 amide bonds. The molecule has 0 fully saturated rings. The molecule has 0 bridgehead atoms. The standard InChI is InChI=1S/C26H21NO4/c1-15-12-20-21(13-16(15)2)31-25-22(24(20)29)23(18-8-10-19(28)11-9-18)27(26(25)30)14-17-6-4-3-5-7-17/h3-13,23,28H,14H2,1-2H3. The number of aromatic hydroxyl groups is 1. The lowest BCUT2D eigenvalue weighted by Gasteiger charge is -2.25. The van der Waals surface area contributed by atoms with Crippen LogP contribution in [0, 0.1) is 13.8 Å². The van der Waals surface area contributed by atoms with Crippen LogP contribution in [0.1, 0.15) is 44.4 Å². The molecule has 0 saturated heterocycles. The molecule has 1 aliphatic rings. The van der Waals surface area contributed by atoms with Crippen LogP contribution in [-0.4, -0.2) is 15.9 Å². The van der Waals surface area contributed by atoms with E-state index in [4.69, 9.17) is 4.42 Å². The largest absolute Gasteiger partial charge is 0.508 e. The molecule has 1 unspecified atom stereocenters. The Hall–Kier alpha value is -3.86. The number of carbonyl (C=O) groups excluding carboxylic acids is 1. The van der Waals surface area contributed by atoms with E-state index >= 15 is 0 Å². The van der Waals surface area contributed by atoms with Gasteiger partial charge in [0.15, 0.2) is 5.43 Å². The fraction of sp³-hybridized carbons (Fsp3) is 0.154. The van der Waals surface area contributed by atoms with Crippen molar-refractivity contribution in [2.45, 2.75) is 26.4 Å². The number of fused-ring (bicyclic) bond motifs is 2. The maximum Gasteiger partial charge on any atom is 0.291 e. The summed E-state index contributed by atoms with van der Waals surface area (Å²) in [6.07, 6.45) is 0. The number of hydrogen-bond acceptors (Lipinski definition) is 4. The van der Waals surface area contributed by atoms with Gasteiger partial charge in [-0.15, -0.1) is 0 Å². The normalized spacial score (nSPS) is 15.5. The lowest BCUT2D eigenvalue weighted by atomic mass is 9.97. The summed E-state index contributed by atoms with van der Waals surface area (Å²) in [5.41, 5.74) is 4.27. The third-order valence-electron chi connectivity index (χ3n) is 5.99. The van der Waals surface area contributed by atoms with E-state index in [0.717, 1.165) is 22.3 Å². The van der Waals surface area contributed by atoms with Gasteiger partial charge in [0.25, 0.3) is 5.91 Å². The van der Waals surface area contributed by atoms with E-state index in [-0.39, 0.29) is 22.8 Å². The van der Waals surface area contributed by atoms with Crippen molar-refractivity contribution >= 4 is 16.9 Å². The molecule has 1 N–H and O–H groups in total. The molecule has 1 aliphatic heterocycles. The van der Waals surface area contributed by atoms with Crippen LogP contribution < -0.4 is 5.43 Å². The van der Waals surface area contributed by atoms with Gasteiger partial charge >= 0.3 is 0 Å². The molecule has 0 spiro atoms. The molecule has 0 radical (unpaired) electrons. The molecule has 5 rings (SSSR count). The van der Waals surface area contributed by atoms with E-state index in [9.17, 15) is 14.7 Å². The van der Waals surface area contributed by atoms with Crippen molar-refractivity contribution < 1.29 is 14.3 Å². The molecule has 154 valence electrons. The zero-order valence-electron chi connectivity index (χ0n) is 17.3.